The molecule has 0 unspecified atom stereocenters. The molecule has 0 radical (unpaired) electrons. The van der Waals surface area contributed by atoms with Crippen molar-refractivity contribution in [1.82, 2.24) is 24.2 Å². The molecule has 0 aliphatic carbocycles. The van der Waals surface area contributed by atoms with Gasteiger partial charge in [0.2, 0.25) is 0 Å². The summed E-state index contributed by atoms with van der Waals surface area (Å²) in [6.07, 6.45) is 1.63. The summed E-state index contributed by atoms with van der Waals surface area (Å²) < 4.78 is 9.45. The highest BCUT2D eigenvalue weighted by Gasteiger charge is 2.35. The first-order valence-electron chi connectivity index (χ1n) is 16.2. The maximum absolute atomic E-state index is 14.5. The van der Waals surface area contributed by atoms with Crippen molar-refractivity contribution in [3.63, 3.8) is 0 Å². The van der Waals surface area contributed by atoms with Gasteiger partial charge < -0.3 is 14.2 Å². The van der Waals surface area contributed by atoms with Gasteiger partial charge >= 0.3 is 0 Å². The molecule has 0 saturated heterocycles. The van der Waals surface area contributed by atoms with E-state index in [1.54, 1.807) is 43.2 Å². The van der Waals surface area contributed by atoms with Crippen LogP contribution in [0, 0.1) is 10.1 Å². The Bertz CT molecular complexity index is 2380. The number of nitrogens with zero attached hydrogens (tertiary/aromatic N) is 7. The normalized spacial score (nSPS) is 14.3. The second kappa shape index (κ2) is 15.1. The lowest BCUT2D eigenvalue weighted by atomic mass is 9.94. The average molecular weight is 744 g/mol. The van der Waals surface area contributed by atoms with Crippen LogP contribution in [0.2, 0.25) is 5.02 Å². The topological polar surface area (TPSA) is 138 Å². The van der Waals surface area contributed by atoms with E-state index >= 15 is 0 Å². The molecule has 0 N–H and O–H groups in total. The molecular weight excluding hydrogens is 710 g/mol. The number of fused-ring (bicyclic) bond motifs is 1. The van der Waals surface area contributed by atoms with Crippen molar-refractivity contribution in [3.8, 4) is 17.1 Å². The molecule has 0 bridgehead atoms. The summed E-state index contributed by atoms with van der Waals surface area (Å²) in [4.78, 5) is 47.4. The Morgan fingerprint density at radius 1 is 1.10 bits per heavy atom. The Kier molecular flexibility index (Phi) is 10.6. The highest BCUT2D eigenvalue weighted by molar-refractivity contribution is 7.99. The van der Waals surface area contributed by atoms with Gasteiger partial charge in [-0.25, -0.2) is 4.99 Å². The smallest absolute Gasteiger partial charge is 0.271 e. The number of halogens is 1. The first-order chi connectivity index (χ1) is 24.6. The van der Waals surface area contributed by atoms with Gasteiger partial charge in [0.15, 0.2) is 15.8 Å². The fourth-order valence-electron chi connectivity index (χ4n) is 6.05. The predicted molar refractivity (Wildman–Crippen MR) is 198 cm³/mol. The summed E-state index contributed by atoms with van der Waals surface area (Å²) in [5.41, 5.74) is 2.23. The molecule has 15 heteroatoms. The van der Waals surface area contributed by atoms with Crippen molar-refractivity contribution in [2.24, 2.45) is 4.99 Å². The van der Waals surface area contributed by atoms with Crippen molar-refractivity contribution >= 4 is 52.4 Å². The highest BCUT2D eigenvalue weighted by atomic mass is 35.5. The van der Waals surface area contributed by atoms with Crippen LogP contribution in [0.4, 0.5) is 5.69 Å². The van der Waals surface area contributed by atoms with Crippen molar-refractivity contribution in [2.45, 2.75) is 50.3 Å². The Morgan fingerprint density at radius 3 is 2.55 bits per heavy atom. The van der Waals surface area contributed by atoms with Crippen LogP contribution in [-0.2, 0) is 11.3 Å². The molecule has 0 saturated carbocycles. The Hall–Kier alpha value is -5.05. The SMILES string of the molecule is CCN(CC)C(=O)C1=C(C)N=c2s/c(=C\c3cc([N+](=O)[O-])ccc3Sc3nnc(-c4cccc(Cl)c4)n3CC)c(=O)n2[C@H]1c1ccccc1OC. The number of hydrogen-bond donors (Lipinski definition) is 0. The molecule has 262 valence electrons. The second-order valence-electron chi connectivity index (χ2n) is 11.4. The fraction of sp³-hybridized carbons (Fsp3) is 0.250. The molecule has 0 fully saturated rings. The summed E-state index contributed by atoms with van der Waals surface area (Å²) >= 11 is 8.68. The van der Waals surface area contributed by atoms with E-state index in [-0.39, 0.29) is 16.1 Å². The Morgan fingerprint density at radius 2 is 1.86 bits per heavy atom. The van der Waals surface area contributed by atoms with Crippen molar-refractivity contribution in [1.29, 1.82) is 0 Å². The number of para-hydroxylation sites is 1. The van der Waals surface area contributed by atoms with Crippen molar-refractivity contribution in [3.05, 3.63) is 124 Å². The van der Waals surface area contributed by atoms with E-state index in [9.17, 15) is 19.7 Å². The van der Waals surface area contributed by atoms with Crippen LogP contribution in [0.1, 0.15) is 44.9 Å². The van der Waals surface area contributed by atoms with Gasteiger partial charge in [0.05, 0.1) is 27.8 Å². The van der Waals surface area contributed by atoms with Crippen LogP contribution < -0.4 is 19.6 Å². The zero-order valence-electron chi connectivity index (χ0n) is 28.5. The predicted octanol–water partition coefficient (Wildman–Crippen LogP) is 6.10. The minimum absolute atomic E-state index is 0.134. The standard InChI is InChI=1S/C36H34ClN7O5S2/c1-6-41(7-2)34(46)30-21(4)38-35-43(31(30)26-14-9-10-15-27(26)49-5)33(45)29(51-35)20-23-19-25(44(47)48)16-17-28(23)50-36-40-39-32(42(36)8-3)22-12-11-13-24(37)18-22/h9-20,31H,6-8H2,1-5H3/b29-20-/t31-/m0/s1. The molecular formula is C36H34ClN7O5S2. The van der Waals surface area contributed by atoms with E-state index < -0.39 is 16.5 Å². The third-order valence-corrected chi connectivity index (χ3v) is 10.8. The van der Waals surface area contributed by atoms with Gasteiger partial charge in [0.1, 0.15) is 11.8 Å². The van der Waals surface area contributed by atoms with E-state index in [1.165, 1.54) is 28.5 Å². The number of methoxy groups -OCH3 is 1. The summed E-state index contributed by atoms with van der Waals surface area (Å²) in [5.74, 6) is 0.924. The number of ether oxygens (including phenoxy) is 1. The number of hydrogen-bond acceptors (Lipinski definition) is 10. The van der Waals surface area contributed by atoms with Crippen molar-refractivity contribution < 1.29 is 14.5 Å². The van der Waals surface area contributed by atoms with Crippen LogP contribution >= 0.6 is 34.7 Å². The van der Waals surface area contributed by atoms with Crippen LogP contribution in [0.25, 0.3) is 17.5 Å². The summed E-state index contributed by atoms with van der Waals surface area (Å²) in [7, 11) is 1.55. The Labute approximate surface area is 306 Å². The molecule has 0 spiro atoms. The summed E-state index contributed by atoms with van der Waals surface area (Å²) in [6.45, 7) is 9.06. The fourth-order valence-corrected chi connectivity index (χ4v) is 8.25. The maximum atomic E-state index is 14.5. The number of amides is 1. The van der Waals surface area contributed by atoms with E-state index in [1.807, 2.05) is 61.7 Å². The molecule has 12 nitrogen and oxygen atoms in total. The van der Waals surface area contributed by atoms with Gasteiger partial charge in [0, 0.05) is 52.8 Å². The number of rotatable bonds is 11. The second-order valence-corrected chi connectivity index (χ2v) is 13.9. The molecule has 1 atom stereocenters. The number of benzene rings is 3. The maximum Gasteiger partial charge on any atom is 0.271 e. The molecule has 3 heterocycles. The van der Waals surface area contributed by atoms with E-state index in [4.69, 9.17) is 21.3 Å². The Balaban J connectivity index is 1.52. The molecule has 51 heavy (non-hydrogen) atoms. The van der Waals surface area contributed by atoms with E-state index in [0.29, 0.717) is 73.5 Å². The van der Waals surface area contributed by atoms with Gasteiger partial charge in [-0.2, -0.15) is 0 Å². The molecule has 1 aliphatic rings. The molecule has 2 aromatic heterocycles. The first kappa shape index (κ1) is 35.8. The first-order valence-corrected chi connectivity index (χ1v) is 18.2. The largest absolute Gasteiger partial charge is 0.496 e. The third-order valence-electron chi connectivity index (χ3n) is 8.54. The van der Waals surface area contributed by atoms with Gasteiger partial charge in [-0.05, 0) is 75.4 Å². The molecule has 3 aromatic carbocycles. The van der Waals surface area contributed by atoms with E-state index in [2.05, 4.69) is 10.2 Å². The lowest BCUT2D eigenvalue weighted by Crippen LogP contribution is -2.43. The average Bonchev–Trinajstić information content (AvgIpc) is 3.67. The minimum Gasteiger partial charge on any atom is -0.496 e. The van der Waals surface area contributed by atoms with Gasteiger partial charge in [-0.3, -0.25) is 24.3 Å². The molecule has 5 aromatic rings. The number of non-ortho nitro benzene ring substituents is 1. The van der Waals surface area contributed by atoms with Gasteiger partial charge in [0.25, 0.3) is 17.2 Å². The summed E-state index contributed by atoms with van der Waals surface area (Å²) in [6, 6.07) is 18.3. The zero-order valence-corrected chi connectivity index (χ0v) is 30.9. The van der Waals surface area contributed by atoms with Crippen LogP contribution in [0.5, 0.6) is 5.75 Å². The number of thiazole rings is 1. The quantitative estimate of drug-likeness (QED) is 0.117. The number of allylic oxidation sites excluding steroid dienone is 1. The lowest BCUT2D eigenvalue weighted by Gasteiger charge is -2.29. The number of carbonyl (C=O) groups is 1. The minimum atomic E-state index is -0.820. The number of nitro benzene ring substituents is 1. The van der Waals surface area contributed by atoms with Crippen LogP contribution in [-0.4, -0.2) is 55.3 Å². The molecule has 1 aliphatic heterocycles. The van der Waals surface area contributed by atoms with Gasteiger partial charge in [-0.1, -0.05) is 53.3 Å². The zero-order chi connectivity index (χ0) is 36.4. The molecule has 1 amide bonds. The molecule has 6 rings (SSSR count). The number of aromatic nitrogens is 4. The summed E-state index contributed by atoms with van der Waals surface area (Å²) in [5, 5.41) is 21.9. The van der Waals surface area contributed by atoms with Crippen molar-refractivity contribution in [2.75, 3.05) is 20.2 Å². The number of likely N-dealkylation sites (N-methyl/N-ethyl adjacent to an activating group) is 1. The van der Waals surface area contributed by atoms with E-state index in [0.717, 1.165) is 16.9 Å². The van der Waals surface area contributed by atoms with Crippen LogP contribution in [0.3, 0.4) is 0 Å². The lowest BCUT2D eigenvalue weighted by molar-refractivity contribution is -0.384. The van der Waals surface area contributed by atoms with Crippen LogP contribution in [0.15, 0.2) is 97.8 Å². The third kappa shape index (κ3) is 6.86. The number of carbonyl (C=O) groups excluding carboxylic acids is 1. The highest BCUT2D eigenvalue weighted by Crippen LogP contribution is 2.37. The van der Waals surface area contributed by atoms with Gasteiger partial charge in [-0.15, -0.1) is 10.2 Å². The number of nitro groups is 1. The monoisotopic (exact) mass is 743 g/mol.